The molecule has 35 heavy (non-hydrogen) atoms. The second kappa shape index (κ2) is 8.75. The lowest BCUT2D eigenvalue weighted by atomic mass is 10.0. The fourth-order valence-electron chi connectivity index (χ4n) is 4.46. The highest BCUT2D eigenvalue weighted by molar-refractivity contribution is 5.98. The van der Waals surface area contributed by atoms with Crippen LogP contribution in [-0.4, -0.2) is 44.4 Å². The van der Waals surface area contributed by atoms with Gasteiger partial charge in [-0.15, -0.1) is 0 Å². The maximum atomic E-state index is 13.1. The SMILES string of the molecule is C=C(C)C(=O)N1CCC(c2c[nH]n3c(C(N)=O)c(-c4ccc(Oc5ccc(F)cc5)cc4)nc23)C1. The van der Waals surface area contributed by atoms with E-state index in [1.165, 1.54) is 12.1 Å². The Morgan fingerprint density at radius 3 is 2.43 bits per heavy atom. The van der Waals surface area contributed by atoms with Crippen molar-refractivity contribution in [2.24, 2.45) is 5.73 Å². The van der Waals surface area contributed by atoms with Crippen LogP contribution in [0.5, 0.6) is 11.5 Å². The number of aromatic nitrogens is 3. The molecule has 2 aromatic carbocycles. The van der Waals surface area contributed by atoms with Crippen LogP contribution in [-0.2, 0) is 4.79 Å². The van der Waals surface area contributed by atoms with Crippen molar-refractivity contribution in [3.05, 3.63) is 84.0 Å². The summed E-state index contributed by atoms with van der Waals surface area (Å²) in [5.74, 6) is 0.137. The number of likely N-dealkylation sites (tertiary alicyclic amines) is 1. The number of rotatable bonds is 6. The molecule has 2 aromatic heterocycles. The van der Waals surface area contributed by atoms with Gasteiger partial charge in [0, 0.05) is 41.9 Å². The number of nitrogens with two attached hydrogens (primary N) is 1. The molecular formula is C26H24FN5O3. The van der Waals surface area contributed by atoms with Crippen LogP contribution in [0.4, 0.5) is 4.39 Å². The van der Waals surface area contributed by atoms with Crippen molar-refractivity contribution < 1.29 is 18.7 Å². The molecule has 3 N–H and O–H groups in total. The van der Waals surface area contributed by atoms with E-state index in [-0.39, 0.29) is 23.3 Å². The van der Waals surface area contributed by atoms with Crippen LogP contribution >= 0.6 is 0 Å². The molecule has 1 fully saturated rings. The normalized spacial score (nSPS) is 15.5. The summed E-state index contributed by atoms with van der Waals surface area (Å²) in [7, 11) is 0. The minimum Gasteiger partial charge on any atom is -0.457 e. The Bertz CT molecular complexity index is 1440. The number of H-pyrrole nitrogens is 1. The molecular weight excluding hydrogens is 449 g/mol. The number of carbonyl (C=O) groups excluding carboxylic acids is 2. The highest BCUT2D eigenvalue weighted by atomic mass is 19.1. The third kappa shape index (κ3) is 4.16. The number of fused-ring (bicyclic) bond motifs is 1. The number of aromatic amines is 1. The van der Waals surface area contributed by atoms with Gasteiger partial charge < -0.3 is 15.4 Å². The Labute approximate surface area is 200 Å². The third-order valence-electron chi connectivity index (χ3n) is 6.18. The molecule has 5 rings (SSSR count). The molecule has 0 spiro atoms. The molecule has 0 bridgehead atoms. The van der Waals surface area contributed by atoms with E-state index in [0.717, 1.165) is 12.0 Å². The average Bonchev–Trinajstić information content (AvgIpc) is 3.55. The summed E-state index contributed by atoms with van der Waals surface area (Å²) in [4.78, 5) is 31.3. The largest absolute Gasteiger partial charge is 0.457 e. The van der Waals surface area contributed by atoms with Gasteiger partial charge in [-0.1, -0.05) is 6.58 Å². The first-order valence-corrected chi connectivity index (χ1v) is 11.2. The molecule has 4 aromatic rings. The number of benzene rings is 2. The van der Waals surface area contributed by atoms with Crippen LogP contribution in [0, 0.1) is 5.82 Å². The van der Waals surface area contributed by atoms with Crippen LogP contribution in [0.1, 0.15) is 35.3 Å². The number of halogens is 1. The molecule has 178 valence electrons. The fourth-order valence-corrected chi connectivity index (χ4v) is 4.46. The van der Waals surface area contributed by atoms with Gasteiger partial charge in [-0.3, -0.25) is 14.7 Å². The zero-order chi connectivity index (χ0) is 24.7. The van der Waals surface area contributed by atoms with Crippen LogP contribution in [0.25, 0.3) is 16.9 Å². The van der Waals surface area contributed by atoms with Crippen LogP contribution in [0.3, 0.4) is 0 Å². The molecule has 8 nitrogen and oxygen atoms in total. The van der Waals surface area contributed by atoms with Gasteiger partial charge in [0.1, 0.15) is 23.0 Å². The van der Waals surface area contributed by atoms with E-state index >= 15 is 0 Å². The van der Waals surface area contributed by atoms with E-state index in [0.29, 0.717) is 47.1 Å². The number of carbonyl (C=O) groups is 2. The van der Waals surface area contributed by atoms with Crippen LogP contribution in [0.2, 0.25) is 0 Å². The summed E-state index contributed by atoms with van der Waals surface area (Å²) >= 11 is 0. The highest BCUT2D eigenvalue weighted by Crippen LogP contribution is 2.34. The van der Waals surface area contributed by atoms with Gasteiger partial charge in [0.2, 0.25) is 5.91 Å². The van der Waals surface area contributed by atoms with Gasteiger partial charge in [0.15, 0.2) is 11.3 Å². The molecule has 1 saturated heterocycles. The van der Waals surface area contributed by atoms with Crippen molar-refractivity contribution in [3.63, 3.8) is 0 Å². The van der Waals surface area contributed by atoms with Crippen LogP contribution < -0.4 is 10.5 Å². The molecule has 0 saturated carbocycles. The van der Waals surface area contributed by atoms with Crippen LogP contribution in [0.15, 0.2) is 66.9 Å². The van der Waals surface area contributed by atoms with Crippen molar-refractivity contribution >= 4 is 17.5 Å². The van der Waals surface area contributed by atoms with Crippen molar-refractivity contribution in [2.75, 3.05) is 13.1 Å². The Morgan fingerprint density at radius 2 is 1.80 bits per heavy atom. The number of nitrogens with zero attached hydrogens (tertiary/aromatic N) is 3. The van der Waals surface area contributed by atoms with Gasteiger partial charge >= 0.3 is 0 Å². The third-order valence-corrected chi connectivity index (χ3v) is 6.18. The van der Waals surface area contributed by atoms with E-state index in [4.69, 9.17) is 15.5 Å². The van der Waals surface area contributed by atoms with E-state index in [1.807, 2.05) is 6.20 Å². The maximum Gasteiger partial charge on any atom is 0.269 e. The van der Waals surface area contributed by atoms with Crippen molar-refractivity contribution in [3.8, 4) is 22.8 Å². The van der Waals surface area contributed by atoms with Gasteiger partial charge in [0.25, 0.3) is 5.91 Å². The summed E-state index contributed by atoms with van der Waals surface area (Å²) in [6.45, 7) is 6.65. The molecule has 3 heterocycles. The fraction of sp³-hybridized carbons (Fsp3) is 0.192. The summed E-state index contributed by atoms with van der Waals surface area (Å²) in [6, 6.07) is 12.8. The van der Waals surface area contributed by atoms with Gasteiger partial charge in [-0.2, -0.15) is 0 Å². The van der Waals surface area contributed by atoms with E-state index in [1.54, 1.807) is 52.7 Å². The first-order chi connectivity index (χ1) is 16.8. The molecule has 0 aliphatic carbocycles. The minimum atomic E-state index is -0.613. The predicted molar refractivity (Wildman–Crippen MR) is 129 cm³/mol. The summed E-state index contributed by atoms with van der Waals surface area (Å²) in [5.41, 5.74) is 9.15. The number of primary amides is 1. The van der Waals surface area contributed by atoms with Gasteiger partial charge in [-0.25, -0.2) is 13.9 Å². The van der Waals surface area contributed by atoms with E-state index < -0.39 is 5.91 Å². The molecule has 1 atom stereocenters. The molecule has 0 radical (unpaired) electrons. The Balaban J connectivity index is 1.44. The number of amides is 2. The Morgan fingerprint density at radius 1 is 1.14 bits per heavy atom. The number of hydrogen-bond donors (Lipinski definition) is 2. The monoisotopic (exact) mass is 473 g/mol. The Kier molecular flexibility index (Phi) is 5.60. The number of imidazole rings is 1. The quantitative estimate of drug-likeness (QED) is 0.408. The smallest absolute Gasteiger partial charge is 0.269 e. The maximum absolute atomic E-state index is 13.1. The first kappa shape index (κ1) is 22.4. The Hall–Kier alpha value is -4.40. The van der Waals surface area contributed by atoms with E-state index in [2.05, 4.69) is 11.7 Å². The average molecular weight is 474 g/mol. The topological polar surface area (TPSA) is 106 Å². The second-order valence-corrected chi connectivity index (χ2v) is 8.66. The summed E-state index contributed by atoms with van der Waals surface area (Å²) in [5, 5.41) is 3.10. The standard InChI is InChI=1S/C26H24FN5O3/c1-15(2)26(34)31-12-11-17(14-31)21-13-29-32-23(24(28)33)22(30-25(21)32)16-3-7-19(8-4-16)35-20-9-5-18(27)6-10-20/h3-10,13,17,29H,1,11-12,14H2,2H3,(H2,28,33). The molecule has 1 aliphatic rings. The lowest BCUT2D eigenvalue weighted by Crippen LogP contribution is -2.28. The lowest BCUT2D eigenvalue weighted by Gasteiger charge is -2.15. The zero-order valence-corrected chi connectivity index (χ0v) is 19.1. The zero-order valence-electron chi connectivity index (χ0n) is 19.1. The highest BCUT2D eigenvalue weighted by Gasteiger charge is 2.31. The molecule has 2 amide bonds. The summed E-state index contributed by atoms with van der Waals surface area (Å²) in [6.07, 6.45) is 2.60. The van der Waals surface area contributed by atoms with Crippen molar-refractivity contribution in [1.82, 2.24) is 19.5 Å². The first-order valence-electron chi connectivity index (χ1n) is 11.2. The van der Waals surface area contributed by atoms with Gasteiger partial charge in [0.05, 0.1) is 0 Å². The lowest BCUT2D eigenvalue weighted by molar-refractivity contribution is -0.126. The second-order valence-electron chi connectivity index (χ2n) is 8.66. The van der Waals surface area contributed by atoms with Crippen molar-refractivity contribution in [1.29, 1.82) is 0 Å². The number of nitrogens with one attached hydrogen (secondary N) is 1. The molecule has 1 unspecified atom stereocenters. The van der Waals surface area contributed by atoms with Crippen molar-refractivity contribution in [2.45, 2.75) is 19.3 Å². The van der Waals surface area contributed by atoms with Gasteiger partial charge in [-0.05, 0) is 61.9 Å². The summed E-state index contributed by atoms with van der Waals surface area (Å²) < 4.78 is 20.5. The number of hydrogen-bond acceptors (Lipinski definition) is 4. The predicted octanol–water partition coefficient (Wildman–Crippen LogP) is 4.25. The minimum absolute atomic E-state index is 0.0520. The molecule has 1 aliphatic heterocycles. The van der Waals surface area contributed by atoms with E-state index in [9.17, 15) is 14.0 Å². The number of ether oxygens (including phenoxy) is 1. The molecule has 9 heteroatoms.